The average molecular weight is 307 g/mol. The smallest absolute Gasteiger partial charge is 0.257 e. The zero-order valence-corrected chi connectivity index (χ0v) is 13.8. The summed E-state index contributed by atoms with van der Waals surface area (Å²) in [5.74, 6) is 1.39. The molecule has 0 heterocycles. The van der Waals surface area contributed by atoms with Crippen molar-refractivity contribution in [1.82, 2.24) is 4.90 Å². The maximum absolute atomic E-state index is 12.8. The molecule has 0 unspecified atom stereocenters. The molecule has 0 radical (unpaired) electrons. The number of rotatable bonds is 5. The van der Waals surface area contributed by atoms with Crippen LogP contribution in [0, 0.1) is 0 Å². The van der Waals surface area contributed by atoms with E-state index >= 15 is 0 Å². The Kier molecular flexibility index (Phi) is 5.52. The van der Waals surface area contributed by atoms with Crippen LogP contribution >= 0.6 is 0 Å². The zero-order chi connectivity index (χ0) is 16.1. The fourth-order valence-electron chi connectivity index (χ4n) is 3.09. The minimum atomic E-state index is -0.0373. The molecule has 0 bridgehead atoms. The monoisotopic (exact) mass is 307 g/mol. The highest BCUT2D eigenvalue weighted by Crippen LogP contribution is 2.40. The van der Waals surface area contributed by atoms with Gasteiger partial charge in [0.05, 0.1) is 26.9 Å². The summed E-state index contributed by atoms with van der Waals surface area (Å²) in [5.41, 5.74) is 0.508. The van der Waals surface area contributed by atoms with Crippen molar-refractivity contribution in [2.75, 3.05) is 28.4 Å². The van der Waals surface area contributed by atoms with Crippen LogP contribution in [0.25, 0.3) is 0 Å². The zero-order valence-electron chi connectivity index (χ0n) is 13.8. The van der Waals surface area contributed by atoms with Crippen LogP contribution < -0.4 is 14.2 Å². The van der Waals surface area contributed by atoms with Gasteiger partial charge in [-0.1, -0.05) is 19.3 Å². The number of nitrogens with zero attached hydrogens (tertiary/aromatic N) is 1. The molecule has 0 atom stereocenters. The van der Waals surface area contributed by atoms with E-state index in [0.717, 1.165) is 12.8 Å². The number of benzene rings is 1. The van der Waals surface area contributed by atoms with Gasteiger partial charge in [0, 0.05) is 13.1 Å². The second-order valence-electron chi connectivity index (χ2n) is 5.59. The summed E-state index contributed by atoms with van der Waals surface area (Å²) in [6.45, 7) is 0. The Labute approximate surface area is 132 Å². The molecule has 1 fully saturated rings. The molecule has 2 rings (SSSR count). The van der Waals surface area contributed by atoms with Gasteiger partial charge in [0.1, 0.15) is 0 Å². The Balaban J connectivity index is 2.32. The molecule has 1 aromatic carbocycles. The standard InChI is InChI=1S/C17H25NO4/c1-18(12-8-6-5-7-9-12)17(19)13-10-11-14(20-2)16(22-4)15(13)21-3/h10-12H,5-9H2,1-4H3. The van der Waals surface area contributed by atoms with Gasteiger partial charge in [-0.2, -0.15) is 0 Å². The lowest BCUT2D eigenvalue weighted by Crippen LogP contribution is -2.38. The number of ether oxygens (including phenoxy) is 3. The minimum Gasteiger partial charge on any atom is -0.493 e. The summed E-state index contributed by atoms with van der Waals surface area (Å²) in [4.78, 5) is 14.7. The first kappa shape index (κ1) is 16.5. The lowest BCUT2D eigenvalue weighted by Gasteiger charge is -2.31. The highest BCUT2D eigenvalue weighted by Gasteiger charge is 2.27. The third-order valence-corrected chi connectivity index (χ3v) is 4.38. The van der Waals surface area contributed by atoms with E-state index in [2.05, 4.69) is 0 Å². The molecule has 0 saturated heterocycles. The maximum atomic E-state index is 12.8. The molecule has 1 amide bonds. The van der Waals surface area contributed by atoms with Crippen LogP contribution in [0.15, 0.2) is 12.1 Å². The van der Waals surface area contributed by atoms with E-state index in [1.807, 2.05) is 11.9 Å². The van der Waals surface area contributed by atoms with Crippen molar-refractivity contribution in [3.05, 3.63) is 17.7 Å². The molecular formula is C17H25NO4. The van der Waals surface area contributed by atoms with Crippen molar-refractivity contribution in [2.24, 2.45) is 0 Å². The van der Waals surface area contributed by atoms with Gasteiger partial charge >= 0.3 is 0 Å². The highest BCUT2D eigenvalue weighted by atomic mass is 16.5. The summed E-state index contributed by atoms with van der Waals surface area (Å²) in [6, 6.07) is 3.78. The van der Waals surface area contributed by atoms with Crippen LogP contribution in [0.3, 0.4) is 0 Å². The third-order valence-electron chi connectivity index (χ3n) is 4.38. The predicted octanol–water partition coefficient (Wildman–Crippen LogP) is 3.12. The number of hydrogen-bond acceptors (Lipinski definition) is 4. The predicted molar refractivity (Wildman–Crippen MR) is 85.1 cm³/mol. The van der Waals surface area contributed by atoms with Crippen molar-refractivity contribution >= 4 is 5.91 Å². The van der Waals surface area contributed by atoms with E-state index < -0.39 is 0 Å². The molecule has 122 valence electrons. The van der Waals surface area contributed by atoms with Gasteiger partial charge in [-0.3, -0.25) is 4.79 Å². The van der Waals surface area contributed by atoms with Crippen LogP contribution in [-0.2, 0) is 0 Å². The SMILES string of the molecule is COc1ccc(C(=O)N(C)C2CCCCC2)c(OC)c1OC. The van der Waals surface area contributed by atoms with E-state index in [0.29, 0.717) is 28.9 Å². The first-order valence-corrected chi connectivity index (χ1v) is 7.70. The van der Waals surface area contributed by atoms with Crippen LogP contribution in [0.4, 0.5) is 0 Å². The average Bonchev–Trinajstić information content (AvgIpc) is 2.59. The largest absolute Gasteiger partial charge is 0.493 e. The number of methoxy groups -OCH3 is 3. The minimum absolute atomic E-state index is 0.0373. The fourth-order valence-corrected chi connectivity index (χ4v) is 3.09. The molecule has 1 aliphatic rings. The van der Waals surface area contributed by atoms with Crippen molar-refractivity contribution in [3.8, 4) is 17.2 Å². The molecule has 0 aliphatic heterocycles. The number of carbonyl (C=O) groups excluding carboxylic acids is 1. The van der Waals surface area contributed by atoms with Gasteiger partial charge in [-0.25, -0.2) is 0 Å². The lowest BCUT2D eigenvalue weighted by atomic mass is 9.94. The Morgan fingerprint density at radius 1 is 1.00 bits per heavy atom. The summed E-state index contributed by atoms with van der Waals surface area (Å²) in [6.07, 6.45) is 5.77. The van der Waals surface area contributed by atoms with Crippen LogP contribution in [0.1, 0.15) is 42.5 Å². The fraction of sp³-hybridized carbons (Fsp3) is 0.588. The second kappa shape index (κ2) is 7.38. The Morgan fingerprint density at radius 2 is 1.64 bits per heavy atom. The van der Waals surface area contributed by atoms with Gasteiger partial charge in [0.2, 0.25) is 5.75 Å². The molecule has 0 spiro atoms. The van der Waals surface area contributed by atoms with Gasteiger partial charge in [-0.15, -0.1) is 0 Å². The van der Waals surface area contributed by atoms with Gasteiger partial charge in [-0.05, 0) is 25.0 Å². The lowest BCUT2D eigenvalue weighted by molar-refractivity contribution is 0.0692. The van der Waals surface area contributed by atoms with Gasteiger partial charge in [0.15, 0.2) is 11.5 Å². The molecule has 5 heteroatoms. The Morgan fingerprint density at radius 3 is 2.18 bits per heavy atom. The van der Waals surface area contributed by atoms with Gasteiger partial charge < -0.3 is 19.1 Å². The number of hydrogen-bond donors (Lipinski definition) is 0. The topological polar surface area (TPSA) is 48.0 Å². The summed E-state index contributed by atoms with van der Waals surface area (Å²) < 4.78 is 16.0. The Hall–Kier alpha value is -1.91. The molecule has 1 saturated carbocycles. The van der Waals surface area contributed by atoms with Crippen LogP contribution in [0.5, 0.6) is 17.2 Å². The van der Waals surface area contributed by atoms with Gasteiger partial charge in [0.25, 0.3) is 5.91 Å². The molecule has 1 aliphatic carbocycles. The van der Waals surface area contributed by atoms with Crippen molar-refractivity contribution in [1.29, 1.82) is 0 Å². The molecule has 0 aromatic heterocycles. The number of carbonyl (C=O) groups is 1. The van der Waals surface area contributed by atoms with E-state index in [-0.39, 0.29) is 5.91 Å². The van der Waals surface area contributed by atoms with Crippen LogP contribution in [-0.4, -0.2) is 45.2 Å². The first-order valence-electron chi connectivity index (χ1n) is 7.70. The quantitative estimate of drug-likeness (QED) is 0.838. The molecule has 0 N–H and O–H groups in total. The number of amides is 1. The normalized spacial score (nSPS) is 15.3. The highest BCUT2D eigenvalue weighted by molar-refractivity contribution is 5.98. The van der Waals surface area contributed by atoms with E-state index in [1.54, 1.807) is 26.4 Å². The molecule has 1 aromatic rings. The Bertz CT molecular complexity index is 524. The third kappa shape index (κ3) is 3.13. The van der Waals surface area contributed by atoms with E-state index in [9.17, 15) is 4.79 Å². The van der Waals surface area contributed by atoms with Crippen molar-refractivity contribution < 1.29 is 19.0 Å². The first-order chi connectivity index (χ1) is 10.6. The summed E-state index contributed by atoms with van der Waals surface area (Å²) in [7, 11) is 6.51. The summed E-state index contributed by atoms with van der Waals surface area (Å²) >= 11 is 0. The van der Waals surface area contributed by atoms with E-state index in [4.69, 9.17) is 14.2 Å². The van der Waals surface area contributed by atoms with E-state index in [1.165, 1.54) is 26.4 Å². The molecule has 5 nitrogen and oxygen atoms in total. The molecular weight excluding hydrogens is 282 g/mol. The maximum Gasteiger partial charge on any atom is 0.257 e. The van der Waals surface area contributed by atoms with Crippen molar-refractivity contribution in [2.45, 2.75) is 38.1 Å². The molecule has 22 heavy (non-hydrogen) atoms. The van der Waals surface area contributed by atoms with Crippen molar-refractivity contribution in [3.63, 3.8) is 0 Å². The second-order valence-corrected chi connectivity index (χ2v) is 5.59. The van der Waals surface area contributed by atoms with Crippen LogP contribution in [0.2, 0.25) is 0 Å². The summed E-state index contributed by atoms with van der Waals surface area (Å²) in [5, 5.41) is 0.